The van der Waals surface area contributed by atoms with Crippen molar-refractivity contribution in [3.05, 3.63) is 59.7 Å². The Morgan fingerprint density at radius 1 is 1.15 bits per heavy atom. The summed E-state index contributed by atoms with van der Waals surface area (Å²) in [4.78, 5) is 13.1. The van der Waals surface area contributed by atoms with Crippen molar-refractivity contribution in [2.75, 3.05) is 18.4 Å². The fraction of sp³-hybridized carbons (Fsp3) is 0.381. The van der Waals surface area contributed by atoms with Crippen LogP contribution in [0.4, 0.5) is 5.69 Å². The fourth-order valence-electron chi connectivity index (χ4n) is 3.54. The Morgan fingerprint density at radius 2 is 1.89 bits per heavy atom. The van der Waals surface area contributed by atoms with Crippen LogP contribution in [0.3, 0.4) is 0 Å². The van der Waals surface area contributed by atoms with Gasteiger partial charge in [0.1, 0.15) is 0 Å². The quantitative estimate of drug-likeness (QED) is 0.854. The van der Waals surface area contributed by atoms with E-state index in [0.29, 0.717) is 19.4 Å². The van der Waals surface area contributed by atoms with Gasteiger partial charge in [-0.15, -0.1) is 0 Å². The molecule has 5 nitrogen and oxygen atoms in total. The standard InChI is InChI=1S/C21H26N2O3S/c1-3-17-10-7-9-16(2)20(17)22-21(24)18-11-8-14-23(15-18)27(25,26)19-12-5-4-6-13-19/h4-7,9-10,12-13,18H,3,8,11,14-15H2,1-2H3,(H,22,24)/t18-/m0/s1. The molecule has 1 N–H and O–H groups in total. The molecule has 0 spiro atoms. The van der Waals surface area contributed by atoms with Gasteiger partial charge in [0.15, 0.2) is 0 Å². The van der Waals surface area contributed by atoms with Crippen molar-refractivity contribution < 1.29 is 13.2 Å². The molecule has 0 radical (unpaired) electrons. The van der Waals surface area contributed by atoms with Crippen molar-refractivity contribution in [2.45, 2.75) is 38.0 Å². The Balaban J connectivity index is 1.76. The number of nitrogens with one attached hydrogen (secondary N) is 1. The lowest BCUT2D eigenvalue weighted by Gasteiger charge is -2.31. The summed E-state index contributed by atoms with van der Waals surface area (Å²) in [6.45, 7) is 4.70. The van der Waals surface area contributed by atoms with Gasteiger partial charge in [-0.2, -0.15) is 4.31 Å². The third-order valence-corrected chi connectivity index (χ3v) is 7.00. The Kier molecular flexibility index (Phi) is 5.97. The van der Waals surface area contributed by atoms with Crippen molar-refractivity contribution in [3.8, 4) is 0 Å². The molecule has 1 atom stereocenters. The Morgan fingerprint density at radius 3 is 2.59 bits per heavy atom. The van der Waals surface area contributed by atoms with Gasteiger partial charge in [0, 0.05) is 18.8 Å². The average Bonchev–Trinajstić information content (AvgIpc) is 2.70. The second-order valence-electron chi connectivity index (χ2n) is 6.97. The average molecular weight is 387 g/mol. The van der Waals surface area contributed by atoms with Crippen LogP contribution in [0.25, 0.3) is 0 Å². The van der Waals surface area contributed by atoms with Crippen molar-refractivity contribution in [3.63, 3.8) is 0 Å². The number of carbonyl (C=O) groups is 1. The number of hydrogen-bond donors (Lipinski definition) is 1. The zero-order valence-electron chi connectivity index (χ0n) is 15.8. The van der Waals surface area contributed by atoms with Crippen LogP contribution in [0.15, 0.2) is 53.4 Å². The number of amides is 1. The van der Waals surface area contributed by atoms with E-state index in [1.54, 1.807) is 30.3 Å². The summed E-state index contributed by atoms with van der Waals surface area (Å²) in [7, 11) is -3.57. The maximum Gasteiger partial charge on any atom is 0.243 e. The summed E-state index contributed by atoms with van der Waals surface area (Å²) in [5.41, 5.74) is 2.97. The summed E-state index contributed by atoms with van der Waals surface area (Å²) in [6.07, 6.45) is 2.20. The number of nitrogens with zero attached hydrogens (tertiary/aromatic N) is 1. The zero-order chi connectivity index (χ0) is 19.4. The topological polar surface area (TPSA) is 66.5 Å². The second kappa shape index (κ2) is 8.23. The number of hydrogen-bond acceptors (Lipinski definition) is 3. The minimum atomic E-state index is -3.57. The first kappa shape index (κ1) is 19.6. The molecular weight excluding hydrogens is 360 g/mol. The van der Waals surface area contributed by atoms with Gasteiger partial charge in [-0.1, -0.05) is 43.3 Å². The zero-order valence-corrected chi connectivity index (χ0v) is 16.6. The lowest BCUT2D eigenvalue weighted by Crippen LogP contribution is -2.43. The van der Waals surface area contributed by atoms with Gasteiger partial charge in [0.25, 0.3) is 0 Å². The molecule has 1 aliphatic rings. The maximum atomic E-state index is 12.9. The van der Waals surface area contributed by atoms with Gasteiger partial charge < -0.3 is 5.32 Å². The van der Waals surface area contributed by atoms with E-state index >= 15 is 0 Å². The minimum Gasteiger partial charge on any atom is -0.325 e. The van der Waals surface area contributed by atoms with E-state index < -0.39 is 10.0 Å². The molecule has 0 unspecified atom stereocenters. The summed E-state index contributed by atoms with van der Waals surface area (Å²) in [5.74, 6) is -0.450. The number of para-hydroxylation sites is 1. The number of carbonyl (C=O) groups excluding carboxylic acids is 1. The highest BCUT2D eigenvalue weighted by molar-refractivity contribution is 7.89. The monoisotopic (exact) mass is 386 g/mol. The molecule has 0 saturated carbocycles. The Labute approximate surface area is 161 Å². The van der Waals surface area contributed by atoms with E-state index in [-0.39, 0.29) is 23.3 Å². The highest BCUT2D eigenvalue weighted by atomic mass is 32.2. The molecule has 0 aromatic heterocycles. The number of aryl methyl sites for hydroxylation is 2. The van der Waals surface area contributed by atoms with Crippen LogP contribution in [0.5, 0.6) is 0 Å². The molecule has 144 valence electrons. The first-order valence-corrected chi connectivity index (χ1v) is 10.8. The van der Waals surface area contributed by atoms with Gasteiger partial charge >= 0.3 is 0 Å². The first-order valence-electron chi connectivity index (χ1n) is 9.38. The molecule has 3 rings (SSSR count). The van der Waals surface area contributed by atoms with Crippen LogP contribution < -0.4 is 5.32 Å². The molecular formula is C21H26N2O3S. The van der Waals surface area contributed by atoms with Crippen molar-refractivity contribution in [1.29, 1.82) is 0 Å². The van der Waals surface area contributed by atoms with Gasteiger partial charge in [0.05, 0.1) is 10.8 Å². The predicted molar refractivity (Wildman–Crippen MR) is 107 cm³/mol. The molecule has 1 fully saturated rings. The maximum absolute atomic E-state index is 12.9. The summed E-state index contributed by atoms with van der Waals surface area (Å²) in [5, 5.41) is 3.05. The number of sulfonamides is 1. The predicted octanol–water partition coefficient (Wildman–Crippen LogP) is 3.60. The Hall–Kier alpha value is -2.18. The van der Waals surface area contributed by atoms with E-state index in [1.807, 2.05) is 25.1 Å². The molecule has 6 heteroatoms. The Bertz CT molecular complexity index is 910. The summed E-state index contributed by atoms with van der Waals surface area (Å²) in [6, 6.07) is 14.4. The number of rotatable bonds is 5. The van der Waals surface area contributed by atoms with E-state index in [9.17, 15) is 13.2 Å². The lowest BCUT2D eigenvalue weighted by atomic mass is 9.98. The second-order valence-corrected chi connectivity index (χ2v) is 8.91. The molecule has 2 aromatic rings. The molecule has 0 bridgehead atoms. The van der Waals surface area contributed by atoms with E-state index in [1.165, 1.54) is 4.31 Å². The molecule has 2 aromatic carbocycles. The normalized spacial score (nSPS) is 18.2. The molecule has 0 aliphatic carbocycles. The smallest absolute Gasteiger partial charge is 0.243 e. The molecule has 1 aliphatic heterocycles. The number of anilines is 1. The first-order chi connectivity index (χ1) is 12.9. The molecule has 1 saturated heterocycles. The third-order valence-electron chi connectivity index (χ3n) is 5.12. The summed E-state index contributed by atoms with van der Waals surface area (Å²) < 4.78 is 27.2. The van der Waals surface area contributed by atoms with Crippen LogP contribution in [0, 0.1) is 12.8 Å². The largest absolute Gasteiger partial charge is 0.325 e. The van der Waals surface area contributed by atoms with Crippen LogP contribution in [-0.4, -0.2) is 31.7 Å². The van der Waals surface area contributed by atoms with Gasteiger partial charge in [0.2, 0.25) is 15.9 Å². The van der Waals surface area contributed by atoms with Gasteiger partial charge in [-0.3, -0.25) is 4.79 Å². The van der Waals surface area contributed by atoms with Crippen molar-refractivity contribution >= 4 is 21.6 Å². The highest BCUT2D eigenvalue weighted by Gasteiger charge is 2.33. The van der Waals surface area contributed by atoms with E-state index in [0.717, 1.165) is 23.2 Å². The molecule has 1 amide bonds. The van der Waals surface area contributed by atoms with Crippen molar-refractivity contribution in [1.82, 2.24) is 4.31 Å². The minimum absolute atomic E-state index is 0.105. The lowest BCUT2D eigenvalue weighted by molar-refractivity contribution is -0.120. The third kappa shape index (κ3) is 4.22. The van der Waals surface area contributed by atoms with Crippen LogP contribution in [0.1, 0.15) is 30.9 Å². The van der Waals surface area contributed by atoms with Gasteiger partial charge in [-0.25, -0.2) is 8.42 Å². The number of piperidine rings is 1. The van der Waals surface area contributed by atoms with Crippen LogP contribution >= 0.6 is 0 Å². The van der Waals surface area contributed by atoms with Gasteiger partial charge in [-0.05, 0) is 49.4 Å². The van der Waals surface area contributed by atoms with E-state index in [2.05, 4.69) is 12.2 Å². The fourth-order valence-corrected chi connectivity index (χ4v) is 5.09. The highest BCUT2D eigenvalue weighted by Crippen LogP contribution is 2.26. The van der Waals surface area contributed by atoms with Crippen LogP contribution in [0.2, 0.25) is 0 Å². The SMILES string of the molecule is CCc1cccc(C)c1NC(=O)[C@H]1CCCN(S(=O)(=O)c2ccccc2)C1. The number of benzene rings is 2. The van der Waals surface area contributed by atoms with Crippen molar-refractivity contribution in [2.24, 2.45) is 5.92 Å². The molecule has 1 heterocycles. The molecule has 27 heavy (non-hydrogen) atoms. The van der Waals surface area contributed by atoms with Crippen LogP contribution in [-0.2, 0) is 21.2 Å². The summed E-state index contributed by atoms with van der Waals surface area (Å²) >= 11 is 0. The van der Waals surface area contributed by atoms with E-state index in [4.69, 9.17) is 0 Å².